The van der Waals surface area contributed by atoms with Gasteiger partial charge in [-0.2, -0.15) is 5.10 Å². The normalized spacial score (nSPS) is 12.6. The average molecular weight is 274 g/mol. The van der Waals surface area contributed by atoms with Gasteiger partial charge in [-0.15, -0.1) is 0 Å². The van der Waals surface area contributed by atoms with E-state index in [0.29, 0.717) is 11.8 Å². The number of hydrogen-bond acceptors (Lipinski definition) is 3. The molecule has 2 heterocycles. The van der Waals surface area contributed by atoms with Crippen molar-refractivity contribution in [2.24, 2.45) is 11.3 Å². The Morgan fingerprint density at radius 2 is 1.95 bits per heavy atom. The molecule has 0 fully saturated rings. The molecule has 0 atom stereocenters. The third-order valence-corrected chi connectivity index (χ3v) is 4.27. The summed E-state index contributed by atoms with van der Waals surface area (Å²) in [5, 5.41) is 8.08. The quantitative estimate of drug-likeness (QED) is 0.897. The van der Waals surface area contributed by atoms with Crippen molar-refractivity contribution in [2.45, 2.75) is 47.5 Å². The van der Waals surface area contributed by atoms with Crippen molar-refractivity contribution < 1.29 is 0 Å². The number of anilines is 1. The van der Waals surface area contributed by atoms with Gasteiger partial charge in [0.15, 0.2) is 5.82 Å². The minimum Gasteiger partial charge on any atom is -0.368 e. The van der Waals surface area contributed by atoms with Crippen LogP contribution in [0.5, 0.6) is 0 Å². The molecule has 0 saturated carbocycles. The molecule has 1 N–H and O–H groups in total. The average Bonchev–Trinajstić information content (AvgIpc) is 2.80. The Hall–Kier alpha value is -1.58. The van der Waals surface area contributed by atoms with Gasteiger partial charge in [0.2, 0.25) is 0 Å². The Bertz CT molecular complexity index is 581. The van der Waals surface area contributed by atoms with E-state index in [1.54, 1.807) is 6.20 Å². The lowest BCUT2D eigenvalue weighted by atomic mass is 9.81. The van der Waals surface area contributed by atoms with Crippen LogP contribution in [0.25, 0.3) is 5.52 Å². The van der Waals surface area contributed by atoms with Gasteiger partial charge in [-0.25, -0.2) is 9.50 Å². The predicted octanol–water partition coefficient (Wildman–Crippen LogP) is 3.95. The number of fused-ring (bicyclic) bond motifs is 1. The molecule has 110 valence electrons. The first kappa shape index (κ1) is 14.8. The molecular weight excluding hydrogens is 248 g/mol. The maximum atomic E-state index is 4.59. The molecular formula is C16H26N4. The maximum absolute atomic E-state index is 4.59. The van der Waals surface area contributed by atoms with Crippen LogP contribution in [0.2, 0.25) is 0 Å². The largest absolute Gasteiger partial charge is 0.368 e. The van der Waals surface area contributed by atoms with E-state index in [2.05, 4.69) is 63.0 Å². The van der Waals surface area contributed by atoms with E-state index in [1.165, 1.54) is 0 Å². The molecule has 0 aromatic carbocycles. The number of rotatable bonds is 5. The molecule has 0 amide bonds. The van der Waals surface area contributed by atoms with Crippen LogP contribution >= 0.6 is 0 Å². The first-order valence-electron chi connectivity index (χ1n) is 7.39. The maximum Gasteiger partial charge on any atom is 0.152 e. The topological polar surface area (TPSA) is 42.2 Å². The Balaban J connectivity index is 2.26. The summed E-state index contributed by atoms with van der Waals surface area (Å²) in [6, 6.07) is 2.13. The lowest BCUT2D eigenvalue weighted by Gasteiger charge is -2.29. The van der Waals surface area contributed by atoms with Crippen LogP contribution in [-0.4, -0.2) is 21.1 Å². The molecule has 0 unspecified atom stereocenters. The minimum atomic E-state index is 0.232. The zero-order valence-corrected chi connectivity index (χ0v) is 13.4. The molecule has 0 saturated heterocycles. The summed E-state index contributed by atoms with van der Waals surface area (Å²) in [5.74, 6) is 1.96. The van der Waals surface area contributed by atoms with Gasteiger partial charge in [-0.05, 0) is 23.3 Å². The van der Waals surface area contributed by atoms with E-state index in [4.69, 9.17) is 0 Å². The molecule has 0 spiro atoms. The van der Waals surface area contributed by atoms with Crippen molar-refractivity contribution in [1.29, 1.82) is 0 Å². The Kier molecular flexibility index (Phi) is 4.02. The van der Waals surface area contributed by atoms with Crippen molar-refractivity contribution in [2.75, 3.05) is 11.9 Å². The summed E-state index contributed by atoms with van der Waals surface area (Å²) in [4.78, 5) is 4.47. The number of aromatic nitrogens is 3. The summed E-state index contributed by atoms with van der Waals surface area (Å²) in [7, 11) is 0. The van der Waals surface area contributed by atoms with Crippen LogP contribution < -0.4 is 5.32 Å². The summed E-state index contributed by atoms with van der Waals surface area (Å²) in [6.45, 7) is 14.3. The summed E-state index contributed by atoms with van der Waals surface area (Å²) >= 11 is 0. The van der Waals surface area contributed by atoms with E-state index in [9.17, 15) is 0 Å². The van der Waals surface area contributed by atoms with Crippen molar-refractivity contribution in [3.63, 3.8) is 0 Å². The molecule has 0 aliphatic carbocycles. The molecule has 4 heteroatoms. The third-order valence-electron chi connectivity index (χ3n) is 4.27. The highest BCUT2D eigenvalue weighted by Gasteiger charge is 2.22. The molecule has 0 bridgehead atoms. The monoisotopic (exact) mass is 274 g/mol. The number of nitrogens with one attached hydrogen (secondary N) is 1. The second kappa shape index (κ2) is 5.43. The van der Waals surface area contributed by atoms with E-state index in [-0.39, 0.29) is 5.41 Å². The molecule has 2 rings (SSSR count). The van der Waals surface area contributed by atoms with Gasteiger partial charge in [0, 0.05) is 18.9 Å². The smallest absolute Gasteiger partial charge is 0.152 e. The van der Waals surface area contributed by atoms with Gasteiger partial charge in [0.25, 0.3) is 0 Å². The van der Waals surface area contributed by atoms with Crippen LogP contribution in [0.4, 0.5) is 5.82 Å². The van der Waals surface area contributed by atoms with Crippen LogP contribution in [0.1, 0.15) is 53.2 Å². The van der Waals surface area contributed by atoms with Gasteiger partial charge < -0.3 is 5.32 Å². The van der Waals surface area contributed by atoms with Crippen molar-refractivity contribution in [3.05, 3.63) is 24.2 Å². The van der Waals surface area contributed by atoms with E-state index < -0.39 is 0 Å². The highest BCUT2D eigenvalue weighted by Crippen LogP contribution is 2.27. The minimum absolute atomic E-state index is 0.232. The molecule has 0 aliphatic heterocycles. The molecule has 20 heavy (non-hydrogen) atoms. The van der Waals surface area contributed by atoms with Gasteiger partial charge in [0.05, 0.1) is 5.69 Å². The van der Waals surface area contributed by atoms with Crippen molar-refractivity contribution in [3.8, 4) is 0 Å². The van der Waals surface area contributed by atoms with E-state index in [0.717, 1.165) is 23.6 Å². The fourth-order valence-corrected chi connectivity index (χ4v) is 1.87. The highest BCUT2D eigenvalue weighted by molar-refractivity contribution is 5.67. The first-order valence-corrected chi connectivity index (χ1v) is 7.39. The Morgan fingerprint density at radius 3 is 2.55 bits per heavy atom. The Labute approximate surface area is 121 Å². The molecule has 0 radical (unpaired) electrons. The third kappa shape index (κ3) is 2.94. The van der Waals surface area contributed by atoms with Crippen molar-refractivity contribution in [1.82, 2.24) is 14.6 Å². The van der Waals surface area contributed by atoms with Crippen molar-refractivity contribution >= 4 is 11.3 Å². The zero-order valence-electron chi connectivity index (χ0n) is 13.4. The SMILES string of the molecule is CC(C)c1cc2c(NCC(C)(C)C(C)C)nccn2n1. The lowest BCUT2D eigenvalue weighted by molar-refractivity contribution is 0.269. The number of hydrogen-bond donors (Lipinski definition) is 1. The second-order valence-corrected chi connectivity index (χ2v) is 6.83. The molecule has 2 aromatic rings. The molecule has 4 nitrogen and oxygen atoms in total. The predicted molar refractivity (Wildman–Crippen MR) is 84.2 cm³/mol. The summed E-state index contributed by atoms with van der Waals surface area (Å²) in [6.07, 6.45) is 3.70. The second-order valence-electron chi connectivity index (χ2n) is 6.83. The van der Waals surface area contributed by atoms with Gasteiger partial charge in [0.1, 0.15) is 5.52 Å². The summed E-state index contributed by atoms with van der Waals surface area (Å²) in [5.41, 5.74) is 2.38. The highest BCUT2D eigenvalue weighted by atomic mass is 15.2. The zero-order chi connectivity index (χ0) is 14.9. The number of nitrogens with zero attached hydrogens (tertiary/aromatic N) is 3. The molecule has 2 aromatic heterocycles. The van der Waals surface area contributed by atoms with Crippen LogP contribution in [0.3, 0.4) is 0 Å². The van der Waals surface area contributed by atoms with Crippen LogP contribution in [-0.2, 0) is 0 Å². The fourth-order valence-electron chi connectivity index (χ4n) is 1.87. The van der Waals surface area contributed by atoms with Crippen LogP contribution in [0.15, 0.2) is 18.5 Å². The molecule has 0 aliphatic rings. The van der Waals surface area contributed by atoms with Gasteiger partial charge in [-0.1, -0.05) is 41.5 Å². The van der Waals surface area contributed by atoms with Gasteiger partial charge in [-0.3, -0.25) is 0 Å². The summed E-state index contributed by atoms with van der Waals surface area (Å²) < 4.78 is 1.91. The van der Waals surface area contributed by atoms with E-state index >= 15 is 0 Å². The van der Waals surface area contributed by atoms with Gasteiger partial charge >= 0.3 is 0 Å². The van der Waals surface area contributed by atoms with Crippen LogP contribution in [0, 0.1) is 11.3 Å². The Morgan fingerprint density at radius 1 is 1.25 bits per heavy atom. The standard InChI is InChI=1S/C16H26N4/c1-11(2)13-9-14-15(17-7-8-20(14)19-13)18-10-16(5,6)12(3)4/h7-9,11-12H,10H2,1-6H3,(H,17,18). The van der Waals surface area contributed by atoms with E-state index in [1.807, 2.05) is 10.7 Å². The fraction of sp³-hybridized carbons (Fsp3) is 0.625. The first-order chi connectivity index (χ1) is 9.31. The lowest BCUT2D eigenvalue weighted by Crippen LogP contribution is -2.28.